The molecule has 5 N–H and O–H groups in total. The topological polar surface area (TPSA) is 205 Å². The molecule has 2 heterocycles. The third kappa shape index (κ3) is 10.8. The third-order valence-electron chi connectivity index (χ3n) is 6.12. The Bertz CT molecular complexity index is 1100. The van der Waals surface area contributed by atoms with E-state index in [0.717, 1.165) is 5.56 Å². The Kier molecular flexibility index (Phi) is 13.8. The largest absolute Gasteiger partial charge is 0.497 e. The highest BCUT2D eigenvalue weighted by atomic mass is 16.7. The Morgan fingerprint density at radius 3 is 2.38 bits per heavy atom. The second-order valence-electron chi connectivity index (χ2n) is 9.25. The molecule has 0 aliphatic carbocycles. The lowest BCUT2D eigenvalue weighted by Crippen LogP contribution is -2.64. The van der Waals surface area contributed by atoms with Gasteiger partial charge >= 0.3 is 6.09 Å². The summed E-state index contributed by atoms with van der Waals surface area (Å²) in [4.78, 5) is 22.1. The maximum absolute atomic E-state index is 11.7. The summed E-state index contributed by atoms with van der Waals surface area (Å²) in [5, 5.41) is 43.1. The van der Waals surface area contributed by atoms with Gasteiger partial charge in [0.15, 0.2) is 6.29 Å². The molecule has 16 heteroatoms. The molecule has 1 aliphatic rings. The molecular weight excluding hydrogens is 558 g/mol. The van der Waals surface area contributed by atoms with Gasteiger partial charge in [0.05, 0.1) is 66.1 Å². The number of carboxylic acid groups (broad SMARTS) is 1. The van der Waals surface area contributed by atoms with Crippen molar-refractivity contribution >= 4 is 12.0 Å². The summed E-state index contributed by atoms with van der Waals surface area (Å²) in [7, 11) is 1.57. The summed E-state index contributed by atoms with van der Waals surface area (Å²) in [5.74, 6) is 0.252. The number of nitrogens with one attached hydrogen (secondary N) is 2. The van der Waals surface area contributed by atoms with Gasteiger partial charge in [0.2, 0.25) is 5.91 Å². The van der Waals surface area contributed by atoms with Crippen LogP contribution in [-0.4, -0.2) is 133 Å². The number of amides is 2. The molecule has 0 radical (unpaired) electrons. The van der Waals surface area contributed by atoms with Gasteiger partial charge in [-0.25, -0.2) is 9.48 Å². The van der Waals surface area contributed by atoms with Crippen LogP contribution in [0.3, 0.4) is 0 Å². The fourth-order valence-electron chi connectivity index (χ4n) is 4.09. The first-order valence-corrected chi connectivity index (χ1v) is 13.4. The Hall–Kier alpha value is -3.38. The highest BCUT2D eigenvalue weighted by Crippen LogP contribution is 2.25. The van der Waals surface area contributed by atoms with Gasteiger partial charge < -0.3 is 54.4 Å². The van der Waals surface area contributed by atoms with Gasteiger partial charge in [-0.3, -0.25) is 4.79 Å². The van der Waals surface area contributed by atoms with Crippen LogP contribution in [0.5, 0.6) is 5.75 Å². The van der Waals surface area contributed by atoms with Crippen molar-refractivity contribution < 1.29 is 53.3 Å². The monoisotopic (exact) mass is 597 g/mol. The molecule has 42 heavy (non-hydrogen) atoms. The number of aliphatic hydroxyl groups excluding tert-OH is 2. The first-order valence-electron chi connectivity index (χ1n) is 13.4. The molecule has 1 aliphatic heterocycles. The number of hydrogen-bond acceptors (Lipinski definition) is 12. The van der Waals surface area contributed by atoms with E-state index >= 15 is 0 Å². The summed E-state index contributed by atoms with van der Waals surface area (Å²) in [6.45, 7) is 3.33. The van der Waals surface area contributed by atoms with Crippen molar-refractivity contribution in [2.45, 2.75) is 44.1 Å². The summed E-state index contributed by atoms with van der Waals surface area (Å²) in [6, 6.07) is 6.33. The molecule has 0 saturated carbocycles. The lowest BCUT2D eigenvalue weighted by atomic mass is 9.96. The zero-order valence-corrected chi connectivity index (χ0v) is 23.6. The number of aromatic nitrogens is 3. The van der Waals surface area contributed by atoms with Crippen molar-refractivity contribution in [2.24, 2.45) is 0 Å². The van der Waals surface area contributed by atoms with Crippen LogP contribution in [0, 0.1) is 0 Å². The number of carbonyl (C=O) groups is 2. The fourth-order valence-corrected chi connectivity index (χ4v) is 4.09. The van der Waals surface area contributed by atoms with Crippen molar-refractivity contribution in [1.29, 1.82) is 0 Å². The average Bonchev–Trinajstić information content (AvgIpc) is 3.44. The maximum atomic E-state index is 11.7. The predicted octanol–water partition coefficient (Wildman–Crippen LogP) is -0.761. The second-order valence-corrected chi connectivity index (χ2v) is 9.25. The van der Waals surface area contributed by atoms with Crippen LogP contribution in [0.15, 0.2) is 30.5 Å². The zero-order valence-electron chi connectivity index (χ0n) is 23.6. The molecule has 1 unspecified atom stereocenters. The quantitative estimate of drug-likeness (QED) is 0.134. The Balaban J connectivity index is 1.43. The second kappa shape index (κ2) is 17.5. The standard InChI is InChI=1S/C26H39N5O11/c1-17(32)28-22-24(34)23(33)21(16-31-15-20(29-30-31)18-4-3-5-19(14-18)37-2)42-25(22)41-13-12-40-11-10-39-9-8-38-7-6-27-26(35)36/h3-5,14-15,21-25,27,33-34H,6-13,16H2,1-2H3,(H,28,32)(H,35,36)/t21-,22-,23+,24-,25?/m1/s1. The molecular formula is C26H39N5O11. The molecule has 234 valence electrons. The Morgan fingerprint density at radius 2 is 1.71 bits per heavy atom. The number of carbonyl (C=O) groups excluding carboxylic acids is 1. The highest BCUT2D eigenvalue weighted by molar-refractivity contribution is 5.73. The van der Waals surface area contributed by atoms with Crippen molar-refractivity contribution in [2.75, 3.05) is 59.9 Å². The van der Waals surface area contributed by atoms with Crippen LogP contribution in [0.4, 0.5) is 4.79 Å². The highest BCUT2D eigenvalue weighted by Gasteiger charge is 2.45. The molecule has 0 spiro atoms. The molecule has 16 nitrogen and oxygen atoms in total. The van der Waals surface area contributed by atoms with E-state index in [9.17, 15) is 19.8 Å². The zero-order chi connectivity index (χ0) is 30.3. The molecule has 1 aromatic carbocycles. The fraction of sp³-hybridized carbons (Fsp3) is 0.615. The lowest BCUT2D eigenvalue weighted by molar-refractivity contribution is -0.269. The Morgan fingerprint density at radius 1 is 1.02 bits per heavy atom. The molecule has 1 aromatic heterocycles. The van der Waals surface area contributed by atoms with E-state index in [0.29, 0.717) is 31.3 Å². The number of benzene rings is 1. The summed E-state index contributed by atoms with van der Waals surface area (Å²) in [6.07, 6.45) is -4.09. The molecule has 5 atom stereocenters. The number of rotatable bonds is 18. The number of ether oxygens (including phenoxy) is 6. The first-order chi connectivity index (χ1) is 20.3. The number of hydrogen-bond donors (Lipinski definition) is 5. The van der Waals surface area contributed by atoms with Crippen molar-refractivity contribution in [3.63, 3.8) is 0 Å². The minimum atomic E-state index is -1.37. The van der Waals surface area contributed by atoms with Gasteiger partial charge in [-0.2, -0.15) is 0 Å². The van der Waals surface area contributed by atoms with E-state index in [1.165, 1.54) is 11.6 Å². The van der Waals surface area contributed by atoms with Crippen LogP contribution in [0.2, 0.25) is 0 Å². The van der Waals surface area contributed by atoms with E-state index in [-0.39, 0.29) is 39.5 Å². The van der Waals surface area contributed by atoms with E-state index in [4.69, 9.17) is 33.5 Å². The van der Waals surface area contributed by atoms with E-state index < -0.39 is 42.6 Å². The minimum Gasteiger partial charge on any atom is -0.497 e. The van der Waals surface area contributed by atoms with E-state index in [1.807, 2.05) is 24.3 Å². The van der Waals surface area contributed by atoms with Crippen LogP contribution >= 0.6 is 0 Å². The molecule has 1 fully saturated rings. The van der Waals surface area contributed by atoms with Crippen LogP contribution in [0.25, 0.3) is 11.3 Å². The molecule has 2 amide bonds. The van der Waals surface area contributed by atoms with Crippen molar-refractivity contribution in [1.82, 2.24) is 25.6 Å². The first kappa shape index (κ1) is 33.1. The van der Waals surface area contributed by atoms with Gasteiger partial charge in [0.25, 0.3) is 0 Å². The lowest BCUT2D eigenvalue weighted by Gasteiger charge is -2.42. The van der Waals surface area contributed by atoms with Gasteiger partial charge in [-0.1, -0.05) is 17.3 Å². The SMILES string of the molecule is COc1cccc(-c2cn(C[C@H]3OC(OCCOCCOCCOCCNC(=O)O)[C@H](NC(C)=O)[C@@H](O)[C@H]3O)nn2)c1. The van der Waals surface area contributed by atoms with Crippen molar-refractivity contribution in [3.05, 3.63) is 30.5 Å². The van der Waals surface area contributed by atoms with E-state index in [2.05, 4.69) is 20.9 Å². The summed E-state index contributed by atoms with van der Waals surface area (Å²) in [5.41, 5.74) is 1.38. The number of aliphatic hydroxyl groups is 2. The molecule has 0 bridgehead atoms. The number of nitrogens with zero attached hydrogens (tertiary/aromatic N) is 3. The van der Waals surface area contributed by atoms with Gasteiger partial charge in [0, 0.05) is 19.0 Å². The van der Waals surface area contributed by atoms with Crippen LogP contribution in [-0.2, 0) is 35.0 Å². The Labute approximate surface area is 242 Å². The minimum absolute atomic E-state index is 0.0650. The summed E-state index contributed by atoms with van der Waals surface area (Å²) < 4.78 is 34.6. The normalized spacial score (nSPS) is 22.0. The van der Waals surface area contributed by atoms with Gasteiger partial charge in [-0.15, -0.1) is 5.10 Å². The molecule has 1 saturated heterocycles. The van der Waals surface area contributed by atoms with Crippen LogP contribution in [0.1, 0.15) is 6.92 Å². The third-order valence-corrected chi connectivity index (χ3v) is 6.12. The van der Waals surface area contributed by atoms with Crippen molar-refractivity contribution in [3.8, 4) is 17.0 Å². The average molecular weight is 598 g/mol. The van der Waals surface area contributed by atoms with Gasteiger partial charge in [-0.05, 0) is 12.1 Å². The molecule has 3 rings (SSSR count). The smallest absolute Gasteiger partial charge is 0.404 e. The number of methoxy groups -OCH3 is 1. The van der Waals surface area contributed by atoms with E-state index in [1.54, 1.807) is 13.3 Å². The molecule has 2 aromatic rings. The van der Waals surface area contributed by atoms with Gasteiger partial charge in [0.1, 0.15) is 35.8 Å². The predicted molar refractivity (Wildman–Crippen MR) is 145 cm³/mol. The maximum Gasteiger partial charge on any atom is 0.404 e. The summed E-state index contributed by atoms with van der Waals surface area (Å²) >= 11 is 0. The van der Waals surface area contributed by atoms with Crippen LogP contribution < -0.4 is 15.4 Å².